The number of rotatable bonds is 3. The van der Waals surface area contributed by atoms with Gasteiger partial charge < -0.3 is 0 Å². The van der Waals surface area contributed by atoms with Crippen LogP contribution in [0.2, 0.25) is 0 Å². The lowest BCUT2D eigenvalue weighted by Gasteiger charge is -2.11. The van der Waals surface area contributed by atoms with Crippen molar-refractivity contribution >= 4 is 10.2 Å². The van der Waals surface area contributed by atoms with E-state index >= 15 is 0 Å². The normalized spacial score (nSPS) is 13.9. The van der Waals surface area contributed by atoms with Gasteiger partial charge in [0.2, 0.25) is 0 Å². The van der Waals surface area contributed by atoms with Crippen molar-refractivity contribution in [1.29, 1.82) is 0 Å². The Morgan fingerprint density at radius 3 is 2.64 bits per heavy atom. The van der Waals surface area contributed by atoms with E-state index in [-0.39, 0.29) is 0 Å². The van der Waals surface area contributed by atoms with Gasteiger partial charge in [-0.3, -0.25) is 0 Å². The van der Waals surface area contributed by atoms with Crippen molar-refractivity contribution in [3.05, 3.63) is 35.6 Å². The zero-order valence-corrected chi connectivity index (χ0v) is 8.38. The van der Waals surface area contributed by atoms with Gasteiger partial charge in [0.1, 0.15) is 5.82 Å². The summed E-state index contributed by atoms with van der Waals surface area (Å²) in [5.74, 6) is -0.412. The summed E-state index contributed by atoms with van der Waals surface area (Å²) in [5, 5.41) is 4.78. The van der Waals surface area contributed by atoms with Crippen LogP contribution in [-0.4, -0.2) is 8.42 Å². The fourth-order valence-corrected chi connectivity index (χ4v) is 1.72. The van der Waals surface area contributed by atoms with Crippen LogP contribution in [0, 0.1) is 5.82 Å². The zero-order chi connectivity index (χ0) is 10.8. The van der Waals surface area contributed by atoms with Crippen molar-refractivity contribution in [2.24, 2.45) is 5.14 Å². The SMILES string of the molecule is CC(NS(N)(=O)=O)c1cccc(F)c1. The van der Waals surface area contributed by atoms with E-state index in [1.807, 2.05) is 0 Å². The van der Waals surface area contributed by atoms with E-state index in [1.165, 1.54) is 18.2 Å². The summed E-state index contributed by atoms with van der Waals surface area (Å²) in [7, 11) is -3.76. The molecule has 6 heteroatoms. The van der Waals surface area contributed by atoms with E-state index in [4.69, 9.17) is 5.14 Å². The third kappa shape index (κ3) is 3.41. The summed E-state index contributed by atoms with van der Waals surface area (Å²) in [6, 6.07) is 5.12. The minimum atomic E-state index is -3.76. The maximum atomic E-state index is 12.8. The maximum absolute atomic E-state index is 12.8. The largest absolute Gasteiger partial charge is 0.274 e. The first kappa shape index (κ1) is 11.1. The molecule has 1 rings (SSSR count). The fraction of sp³-hybridized carbons (Fsp3) is 0.250. The molecule has 0 amide bonds. The van der Waals surface area contributed by atoms with Crippen LogP contribution in [0.5, 0.6) is 0 Å². The van der Waals surface area contributed by atoms with Crippen LogP contribution in [0.1, 0.15) is 18.5 Å². The first-order valence-electron chi connectivity index (χ1n) is 3.94. The Hall–Kier alpha value is -0.980. The van der Waals surface area contributed by atoms with E-state index in [2.05, 4.69) is 4.72 Å². The molecule has 1 atom stereocenters. The van der Waals surface area contributed by atoms with E-state index in [0.29, 0.717) is 5.56 Å². The number of hydrogen-bond acceptors (Lipinski definition) is 2. The van der Waals surface area contributed by atoms with E-state index < -0.39 is 22.1 Å². The topological polar surface area (TPSA) is 72.2 Å². The van der Waals surface area contributed by atoms with Gasteiger partial charge in [0.15, 0.2) is 0 Å². The molecule has 1 aromatic carbocycles. The molecule has 14 heavy (non-hydrogen) atoms. The molecule has 0 saturated heterocycles. The quantitative estimate of drug-likeness (QED) is 0.783. The molecule has 1 unspecified atom stereocenters. The number of nitrogens with one attached hydrogen (secondary N) is 1. The molecule has 78 valence electrons. The van der Waals surface area contributed by atoms with E-state index in [9.17, 15) is 12.8 Å². The van der Waals surface area contributed by atoms with Gasteiger partial charge in [0.25, 0.3) is 10.2 Å². The Morgan fingerprint density at radius 2 is 2.14 bits per heavy atom. The average Bonchev–Trinajstić information content (AvgIpc) is 2.01. The second-order valence-corrected chi connectivity index (χ2v) is 4.27. The first-order valence-corrected chi connectivity index (χ1v) is 5.48. The summed E-state index contributed by atoms with van der Waals surface area (Å²) in [4.78, 5) is 0. The van der Waals surface area contributed by atoms with E-state index in [1.54, 1.807) is 13.0 Å². The highest BCUT2D eigenvalue weighted by atomic mass is 32.2. The highest BCUT2D eigenvalue weighted by Crippen LogP contribution is 2.13. The smallest absolute Gasteiger partial charge is 0.216 e. The molecule has 0 radical (unpaired) electrons. The summed E-state index contributed by atoms with van der Waals surface area (Å²) in [5.41, 5.74) is 0.527. The molecule has 0 bridgehead atoms. The molecule has 0 saturated carbocycles. The Bertz CT molecular complexity index is 419. The standard InChI is InChI=1S/C8H11FN2O2S/c1-6(11-14(10,12)13)7-3-2-4-8(9)5-7/h2-6,11H,1H3,(H2,10,12,13). The van der Waals surface area contributed by atoms with Crippen molar-refractivity contribution in [3.63, 3.8) is 0 Å². The molecular weight excluding hydrogens is 207 g/mol. The number of hydrogen-bond donors (Lipinski definition) is 2. The van der Waals surface area contributed by atoms with Gasteiger partial charge in [-0.15, -0.1) is 0 Å². The lowest BCUT2D eigenvalue weighted by Crippen LogP contribution is -2.32. The first-order chi connectivity index (χ1) is 6.38. The molecular formula is C8H11FN2O2S. The van der Waals surface area contributed by atoms with Crippen molar-refractivity contribution in [3.8, 4) is 0 Å². The van der Waals surface area contributed by atoms with Gasteiger partial charge in [-0.25, -0.2) is 9.53 Å². The highest BCUT2D eigenvalue weighted by molar-refractivity contribution is 7.87. The number of benzene rings is 1. The Labute approximate surface area is 82.1 Å². The monoisotopic (exact) mass is 218 g/mol. The second-order valence-electron chi connectivity index (χ2n) is 2.94. The fourth-order valence-electron chi connectivity index (χ4n) is 1.09. The minimum Gasteiger partial charge on any atom is -0.216 e. The Kier molecular flexibility index (Phi) is 3.20. The molecule has 0 heterocycles. The third-order valence-corrected chi connectivity index (χ3v) is 2.37. The Balaban J connectivity index is 2.85. The lowest BCUT2D eigenvalue weighted by molar-refractivity contribution is 0.566. The van der Waals surface area contributed by atoms with Crippen LogP contribution in [-0.2, 0) is 10.2 Å². The summed E-state index contributed by atoms with van der Waals surface area (Å²) < 4.78 is 36.2. The van der Waals surface area contributed by atoms with Gasteiger partial charge in [-0.05, 0) is 24.6 Å². The van der Waals surface area contributed by atoms with Gasteiger partial charge in [-0.2, -0.15) is 13.1 Å². The Morgan fingerprint density at radius 1 is 1.50 bits per heavy atom. The van der Waals surface area contributed by atoms with Gasteiger partial charge >= 0.3 is 0 Å². The van der Waals surface area contributed by atoms with E-state index in [0.717, 1.165) is 0 Å². The maximum Gasteiger partial charge on any atom is 0.274 e. The molecule has 3 N–H and O–H groups in total. The molecule has 0 aliphatic rings. The predicted molar refractivity (Wildman–Crippen MR) is 51.1 cm³/mol. The molecule has 0 fully saturated rings. The van der Waals surface area contributed by atoms with Gasteiger partial charge in [-0.1, -0.05) is 12.1 Å². The van der Waals surface area contributed by atoms with Crippen LogP contribution >= 0.6 is 0 Å². The third-order valence-electron chi connectivity index (χ3n) is 1.69. The van der Waals surface area contributed by atoms with Gasteiger partial charge in [0, 0.05) is 6.04 Å². The minimum absolute atomic E-state index is 0.412. The van der Waals surface area contributed by atoms with Crippen LogP contribution in [0.4, 0.5) is 4.39 Å². The van der Waals surface area contributed by atoms with Crippen LogP contribution in [0.3, 0.4) is 0 Å². The van der Waals surface area contributed by atoms with Crippen molar-refractivity contribution < 1.29 is 12.8 Å². The molecule has 1 aromatic rings. The molecule has 0 aliphatic carbocycles. The predicted octanol–water partition coefficient (Wildman–Crippen LogP) is 0.680. The lowest BCUT2D eigenvalue weighted by atomic mass is 10.1. The van der Waals surface area contributed by atoms with Crippen LogP contribution in [0.25, 0.3) is 0 Å². The molecule has 0 spiro atoms. The molecule has 0 aliphatic heterocycles. The van der Waals surface area contributed by atoms with Crippen molar-refractivity contribution in [1.82, 2.24) is 4.72 Å². The summed E-state index contributed by atoms with van der Waals surface area (Å²) >= 11 is 0. The van der Waals surface area contributed by atoms with Crippen molar-refractivity contribution in [2.75, 3.05) is 0 Å². The van der Waals surface area contributed by atoms with Crippen molar-refractivity contribution in [2.45, 2.75) is 13.0 Å². The second kappa shape index (κ2) is 4.04. The average molecular weight is 218 g/mol. The zero-order valence-electron chi connectivity index (χ0n) is 7.57. The number of halogens is 1. The van der Waals surface area contributed by atoms with Gasteiger partial charge in [0.05, 0.1) is 0 Å². The summed E-state index contributed by atoms with van der Waals surface area (Å²) in [6.07, 6.45) is 0. The molecule has 0 aromatic heterocycles. The molecule has 4 nitrogen and oxygen atoms in total. The number of nitrogens with two attached hydrogens (primary N) is 1. The van der Waals surface area contributed by atoms with Crippen LogP contribution in [0.15, 0.2) is 24.3 Å². The van der Waals surface area contributed by atoms with Crippen LogP contribution < -0.4 is 9.86 Å². The highest BCUT2D eigenvalue weighted by Gasteiger charge is 2.11. The summed E-state index contributed by atoms with van der Waals surface area (Å²) in [6.45, 7) is 1.58.